The molecule has 1 aromatic rings. The number of halogens is 1. The number of ether oxygens (including phenoxy) is 1. The molecule has 9 heteroatoms. The summed E-state index contributed by atoms with van der Waals surface area (Å²) in [5.41, 5.74) is 2.44. The van der Waals surface area contributed by atoms with Crippen molar-refractivity contribution >= 4 is 33.3 Å². The van der Waals surface area contributed by atoms with Crippen molar-refractivity contribution in [1.29, 1.82) is 0 Å². The van der Waals surface area contributed by atoms with Gasteiger partial charge in [-0.1, -0.05) is 17.7 Å². The van der Waals surface area contributed by atoms with Crippen LogP contribution in [-0.2, 0) is 14.8 Å². The predicted octanol–water partition coefficient (Wildman–Crippen LogP) is 1.74. The zero-order chi connectivity index (χ0) is 17.9. The molecule has 2 N–H and O–H groups in total. The molecule has 1 heterocycles. The highest BCUT2D eigenvalue weighted by molar-refractivity contribution is 7.88. The SMILES string of the molecule is Cc1cc(C)c(NC(=O)NCC2CN(S(C)(=O)=O)CCO2)c(Cl)c1. The van der Waals surface area contributed by atoms with Gasteiger partial charge >= 0.3 is 6.03 Å². The summed E-state index contributed by atoms with van der Waals surface area (Å²) in [5.74, 6) is 0. The Kier molecular flexibility index (Phi) is 6.08. The standard InChI is InChI=1S/C15H22ClN3O4S/c1-10-6-11(2)14(13(16)7-10)18-15(20)17-8-12-9-19(4-5-23-12)24(3,21)22/h6-7,12H,4-5,8-9H2,1-3H3,(H2,17,18,20). The molecule has 0 aliphatic carbocycles. The Hall–Kier alpha value is -1.35. The Balaban J connectivity index is 1.90. The first-order valence-electron chi connectivity index (χ1n) is 7.55. The van der Waals surface area contributed by atoms with Crippen LogP contribution in [0.2, 0.25) is 5.02 Å². The summed E-state index contributed by atoms with van der Waals surface area (Å²) in [6.45, 7) is 4.87. The lowest BCUT2D eigenvalue weighted by Crippen LogP contribution is -2.49. The molecule has 1 aromatic carbocycles. The summed E-state index contributed by atoms with van der Waals surface area (Å²) in [5, 5.41) is 5.88. The van der Waals surface area contributed by atoms with Crippen molar-refractivity contribution < 1.29 is 17.9 Å². The summed E-state index contributed by atoms with van der Waals surface area (Å²) in [7, 11) is -3.25. The van der Waals surface area contributed by atoms with E-state index in [9.17, 15) is 13.2 Å². The van der Waals surface area contributed by atoms with E-state index in [2.05, 4.69) is 10.6 Å². The number of carbonyl (C=O) groups is 1. The minimum absolute atomic E-state index is 0.209. The fourth-order valence-electron chi connectivity index (χ4n) is 2.56. The number of rotatable bonds is 4. The molecule has 1 fully saturated rings. The monoisotopic (exact) mass is 375 g/mol. The smallest absolute Gasteiger partial charge is 0.319 e. The molecule has 134 valence electrons. The maximum atomic E-state index is 12.1. The van der Waals surface area contributed by atoms with E-state index in [1.807, 2.05) is 19.9 Å². The van der Waals surface area contributed by atoms with Crippen LogP contribution in [0.15, 0.2) is 12.1 Å². The van der Waals surface area contributed by atoms with E-state index < -0.39 is 16.1 Å². The lowest BCUT2D eigenvalue weighted by Gasteiger charge is -2.31. The number of urea groups is 1. The van der Waals surface area contributed by atoms with Crippen LogP contribution in [0, 0.1) is 13.8 Å². The molecule has 2 amide bonds. The summed E-state index contributed by atoms with van der Waals surface area (Å²) >= 11 is 6.16. The fraction of sp³-hybridized carbons (Fsp3) is 0.533. The van der Waals surface area contributed by atoms with Crippen LogP contribution in [0.25, 0.3) is 0 Å². The number of benzene rings is 1. The van der Waals surface area contributed by atoms with Gasteiger partial charge in [-0.25, -0.2) is 13.2 Å². The van der Waals surface area contributed by atoms with E-state index >= 15 is 0 Å². The molecule has 0 aromatic heterocycles. The topological polar surface area (TPSA) is 87.7 Å². The van der Waals surface area contributed by atoms with E-state index in [4.69, 9.17) is 16.3 Å². The molecule has 1 unspecified atom stereocenters. The number of aryl methyl sites for hydroxylation is 2. The molecule has 0 spiro atoms. The quantitative estimate of drug-likeness (QED) is 0.839. The van der Waals surface area contributed by atoms with Gasteiger partial charge in [-0.05, 0) is 31.0 Å². The Labute approximate surface area is 147 Å². The van der Waals surface area contributed by atoms with Gasteiger partial charge in [-0.3, -0.25) is 0 Å². The van der Waals surface area contributed by atoms with Crippen molar-refractivity contribution in [1.82, 2.24) is 9.62 Å². The minimum Gasteiger partial charge on any atom is -0.374 e. The predicted molar refractivity (Wildman–Crippen MR) is 94.1 cm³/mol. The first kappa shape index (κ1) is 19.0. The van der Waals surface area contributed by atoms with Crippen LogP contribution in [0.1, 0.15) is 11.1 Å². The molecule has 24 heavy (non-hydrogen) atoms. The molecular weight excluding hydrogens is 354 g/mol. The normalized spacial score (nSPS) is 19.1. The number of nitrogens with one attached hydrogen (secondary N) is 2. The maximum absolute atomic E-state index is 12.1. The van der Waals surface area contributed by atoms with Crippen molar-refractivity contribution in [2.75, 3.05) is 37.8 Å². The highest BCUT2D eigenvalue weighted by Gasteiger charge is 2.26. The molecule has 1 saturated heterocycles. The molecular formula is C15H22ClN3O4S. The number of hydrogen-bond donors (Lipinski definition) is 2. The Morgan fingerprint density at radius 3 is 2.75 bits per heavy atom. The first-order chi connectivity index (χ1) is 11.2. The van der Waals surface area contributed by atoms with Crippen molar-refractivity contribution in [3.05, 3.63) is 28.3 Å². The van der Waals surface area contributed by atoms with Crippen molar-refractivity contribution in [2.24, 2.45) is 0 Å². The third-order valence-corrected chi connectivity index (χ3v) is 5.30. The lowest BCUT2D eigenvalue weighted by atomic mass is 10.1. The summed E-state index contributed by atoms with van der Waals surface area (Å²) in [6, 6.07) is 3.29. The van der Waals surface area contributed by atoms with Gasteiger partial charge in [0.1, 0.15) is 0 Å². The van der Waals surface area contributed by atoms with E-state index in [1.54, 1.807) is 6.07 Å². The molecule has 1 aliphatic heterocycles. The van der Waals surface area contributed by atoms with E-state index in [-0.39, 0.29) is 19.2 Å². The van der Waals surface area contributed by atoms with Crippen molar-refractivity contribution in [3.63, 3.8) is 0 Å². The van der Waals surface area contributed by atoms with Crippen LogP contribution in [0.3, 0.4) is 0 Å². The van der Waals surface area contributed by atoms with Crippen LogP contribution >= 0.6 is 11.6 Å². The van der Waals surface area contributed by atoms with Gasteiger partial charge in [0.2, 0.25) is 10.0 Å². The molecule has 0 bridgehead atoms. The van der Waals surface area contributed by atoms with Gasteiger partial charge in [-0.15, -0.1) is 0 Å². The van der Waals surface area contributed by atoms with Crippen LogP contribution < -0.4 is 10.6 Å². The molecule has 2 rings (SSSR count). The second-order valence-electron chi connectivity index (χ2n) is 5.89. The van der Waals surface area contributed by atoms with Crippen LogP contribution in [-0.4, -0.2) is 57.4 Å². The average Bonchev–Trinajstić information content (AvgIpc) is 2.48. The van der Waals surface area contributed by atoms with Gasteiger partial charge in [0.25, 0.3) is 0 Å². The van der Waals surface area contributed by atoms with Gasteiger partial charge in [-0.2, -0.15) is 4.31 Å². The minimum atomic E-state index is -3.25. The highest BCUT2D eigenvalue weighted by Crippen LogP contribution is 2.27. The lowest BCUT2D eigenvalue weighted by molar-refractivity contribution is 0.00167. The van der Waals surface area contributed by atoms with E-state index in [0.29, 0.717) is 23.9 Å². The second kappa shape index (κ2) is 7.69. The Morgan fingerprint density at radius 1 is 1.42 bits per heavy atom. The summed E-state index contributed by atoms with van der Waals surface area (Å²) in [6.07, 6.45) is 0.784. The molecule has 0 saturated carbocycles. The van der Waals surface area contributed by atoms with Crippen molar-refractivity contribution in [3.8, 4) is 0 Å². The number of anilines is 1. The van der Waals surface area contributed by atoms with Gasteiger partial charge in [0.15, 0.2) is 0 Å². The van der Waals surface area contributed by atoms with Gasteiger partial charge in [0, 0.05) is 19.6 Å². The summed E-state index contributed by atoms with van der Waals surface area (Å²) < 4.78 is 30.0. The van der Waals surface area contributed by atoms with E-state index in [1.165, 1.54) is 4.31 Å². The third kappa shape index (κ3) is 5.07. The summed E-state index contributed by atoms with van der Waals surface area (Å²) in [4.78, 5) is 12.1. The number of morpholine rings is 1. The van der Waals surface area contributed by atoms with Crippen molar-refractivity contribution in [2.45, 2.75) is 20.0 Å². The zero-order valence-electron chi connectivity index (χ0n) is 13.9. The molecule has 0 radical (unpaired) electrons. The number of amides is 2. The molecule has 1 aliphatic rings. The van der Waals surface area contributed by atoms with Crippen LogP contribution in [0.4, 0.5) is 10.5 Å². The molecule has 7 nitrogen and oxygen atoms in total. The average molecular weight is 376 g/mol. The number of hydrogen-bond acceptors (Lipinski definition) is 4. The third-order valence-electron chi connectivity index (χ3n) is 3.73. The van der Waals surface area contributed by atoms with E-state index in [0.717, 1.165) is 17.4 Å². The number of sulfonamides is 1. The zero-order valence-corrected chi connectivity index (χ0v) is 15.5. The first-order valence-corrected chi connectivity index (χ1v) is 9.78. The highest BCUT2D eigenvalue weighted by atomic mass is 35.5. The fourth-order valence-corrected chi connectivity index (χ4v) is 3.77. The number of carbonyl (C=O) groups excluding carboxylic acids is 1. The van der Waals surface area contributed by atoms with Gasteiger partial charge < -0.3 is 15.4 Å². The Bertz CT molecular complexity index is 700. The second-order valence-corrected chi connectivity index (χ2v) is 8.28. The Morgan fingerprint density at radius 2 is 2.12 bits per heavy atom. The maximum Gasteiger partial charge on any atom is 0.319 e. The van der Waals surface area contributed by atoms with Crippen LogP contribution in [0.5, 0.6) is 0 Å². The number of nitrogens with zero attached hydrogens (tertiary/aromatic N) is 1. The molecule has 1 atom stereocenters. The van der Waals surface area contributed by atoms with Gasteiger partial charge in [0.05, 0.1) is 29.7 Å². The largest absolute Gasteiger partial charge is 0.374 e.